The van der Waals surface area contributed by atoms with Crippen molar-refractivity contribution in [1.29, 1.82) is 0 Å². The van der Waals surface area contributed by atoms with Gasteiger partial charge in [-0.1, -0.05) is 47.5 Å². The van der Waals surface area contributed by atoms with Gasteiger partial charge in [-0.05, 0) is 36.6 Å². The lowest BCUT2D eigenvalue weighted by Crippen LogP contribution is -2.30. The van der Waals surface area contributed by atoms with Crippen LogP contribution in [0.1, 0.15) is 18.4 Å². The smallest absolute Gasteiger partial charge is 0.341 e. The number of halogens is 2. The van der Waals surface area contributed by atoms with Crippen LogP contribution in [0.2, 0.25) is 10.0 Å². The molecule has 0 spiro atoms. The number of nitrogens with one attached hydrogen (secondary N) is 1. The summed E-state index contributed by atoms with van der Waals surface area (Å²) in [7, 11) is 0. The van der Waals surface area contributed by atoms with Crippen LogP contribution < -0.4 is 22.5 Å². The summed E-state index contributed by atoms with van der Waals surface area (Å²) in [5.74, 6) is -2.82. The molecule has 0 aliphatic carbocycles. The highest BCUT2D eigenvalue weighted by Gasteiger charge is 2.13. The van der Waals surface area contributed by atoms with Crippen molar-refractivity contribution in [3.05, 3.63) is 58.1 Å². The summed E-state index contributed by atoms with van der Waals surface area (Å²) in [6.45, 7) is -0.242. The van der Waals surface area contributed by atoms with E-state index < -0.39 is 30.6 Å². The van der Waals surface area contributed by atoms with Gasteiger partial charge in [-0.15, -0.1) is 0 Å². The van der Waals surface area contributed by atoms with E-state index in [-0.39, 0.29) is 12.4 Å². The number of carbonyl (C=O) groups excluding carboxylic acids is 1. The molecule has 0 heterocycles. The molecule has 13 heteroatoms. The number of aliphatic imine (C=N–C) groups is 1. The predicted octanol–water partition coefficient (Wildman–Crippen LogP) is 2.36. The second-order valence-electron chi connectivity index (χ2n) is 7.00. The predicted molar refractivity (Wildman–Crippen MR) is 134 cm³/mol. The van der Waals surface area contributed by atoms with Crippen molar-refractivity contribution in [2.24, 2.45) is 22.2 Å². The average molecular weight is 528 g/mol. The molecular formula is C22H27Cl2N5O6. The van der Waals surface area contributed by atoms with Gasteiger partial charge in [-0.25, -0.2) is 4.79 Å². The lowest BCUT2D eigenvalue weighted by atomic mass is 10.1. The fourth-order valence-electron chi connectivity index (χ4n) is 2.54. The van der Waals surface area contributed by atoms with Crippen LogP contribution >= 0.6 is 23.2 Å². The Hall–Kier alpha value is -3.54. The Morgan fingerprint density at radius 3 is 2.23 bits per heavy atom. The largest absolute Gasteiger partial charge is 0.480 e. The van der Waals surface area contributed by atoms with Gasteiger partial charge >= 0.3 is 17.9 Å². The molecule has 11 nitrogen and oxygen atoms in total. The average Bonchev–Trinajstić information content (AvgIpc) is 2.79. The monoisotopic (exact) mass is 527 g/mol. The van der Waals surface area contributed by atoms with Gasteiger partial charge in [-0.3, -0.25) is 14.6 Å². The highest BCUT2D eigenvalue weighted by molar-refractivity contribution is 6.39. The zero-order valence-corrected chi connectivity index (χ0v) is 20.1. The van der Waals surface area contributed by atoms with Gasteiger partial charge in [0.15, 0.2) is 12.6 Å². The summed E-state index contributed by atoms with van der Waals surface area (Å²) in [5.41, 5.74) is 17.1. The molecule has 1 atom stereocenters. The van der Waals surface area contributed by atoms with Gasteiger partial charge in [0.1, 0.15) is 6.04 Å². The topological polar surface area (TPSA) is 203 Å². The summed E-state index contributed by atoms with van der Waals surface area (Å²) in [4.78, 5) is 36.0. The fraction of sp³-hybridized carbons (Fsp3) is 0.273. The Labute approximate surface area is 211 Å². The molecule has 35 heavy (non-hydrogen) atoms. The molecule has 0 amide bonds. The van der Waals surface area contributed by atoms with Gasteiger partial charge < -0.3 is 37.5 Å². The first-order chi connectivity index (χ1) is 16.5. The summed E-state index contributed by atoms with van der Waals surface area (Å²) in [6, 6.07) is 11.3. The molecule has 0 saturated carbocycles. The third-order valence-corrected chi connectivity index (χ3v) is 4.85. The maximum atomic E-state index is 11.7. The van der Waals surface area contributed by atoms with Gasteiger partial charge in [0, 0.05) is 12.2 Å². The van der Waals surface area contributed by atoms with Crippen LogP contribution in [-0.4, -0.2) is 53.3 Å². The molecule has 0 aromatic heterocycles. The van der Waals surface area contributed by atoms with Crippen LogP contribution in [0.15, 0.2) is 47.5 Å². The maximum Gasteiger partial charge on any atom is 0.341 e. The Balaban J connectivity index is 0.000000434. The molecule has 0 aliphatic rings. The van der Waals surface area contributed by atoms with Gasteiger partial charge in [-0.2, -0.15) is 0 Å². The van der Waals surface area contributed by atoms with E-state index in [9.17, 15) is 14.4 Å². The summed E-state index contributed by atoms with van der Waals surface area (Å²) >= 11 is 12.2. The number of para-hydroxylation sites is 2. The van der Waals surface area contributed by atoms with E-state index in [2.05, 4.69) is 15.0 Å². The molecule has 0 radical (unpaired) electrons. The number of anilines is 2. The number of esters is 1. The van der Waals surface area contributed by atoms with Crippen LogP contribution in [-0.2, 0) is 25.5 Å². The van der Waals surface area contributed by atoms with Crippen LogP contribution in [0.25, 0.3) is 0 Å². The number of guanidine groups is 1. The summed E-state index contributed by atoms with van der Waals surface area (Å²) in [6.07, 6.45) is 0.885. The number of benzene rings is 2. The molecule has 1 unspecified atom stereocenters. The Morgan fingerprint density at radius 2 is 1.66 bits per heavy atom. The molecule has 0 bridgehead atoms. The number of ether oxygens (including phenoxy) is 1. The Kier molecular flexibility index (Phi) is 13.0. The van der Waals surface area contributed by atoms with Crippen molar-refractivity contribution in [2.45, 2.75) is 25.3 Å². The lowest BCUT2D eigenvalue weighted by molar-refractivity contribution is -0.154. The van der Waals surface area contributed by atoms with Crippen molar-refractivity contribution >= 4 is 58.4 Å². The molecule has 0 saturated heterocycles. The first kappa shape index (κ1) is 29.5. The highest BCUT2D eigenvalue weighted by Crippen LogP contribution is 2.33. The standard InChI is InChI=1S/C16H13Cl2NO4.C6H14N4O2/c17-11-5-3-6-12(18)16(11)19-13-7-2-1-4-10(13)8-15(22)23-9-14(20)21;7-4(5(11)12)2-1-3-10-6(8)9/h1-7,19H,8-9H2,(H,20,21);4H,1-3,7H2,(H,11,12)(H4,8,9,10). The quantitative estimate of drug-likeness (QED) is 0.109. The number of nitrogens with two attached hydrogens (primary N) is 3. The Bertz CT molecular complexity index is 1030. The van der Waals surface area contributed by atoms with Crippen LogP contribution in [0.3, 0.4) is 0 Å². The number of carboxylic acid groups (broad SMARTS) is 2. The van der Waals surface area contributed by atoms with E-state index >= 15 is 0 Å². The number of hydrogen-bond donors (Lipinski definition) is 6. The number of carboxylic acids is 2. The van der Waals surface area contributed by atoms with E-state index in [4.69, 9.17) is 50.6 Å². The van der Waals surface area contributed by atoms with Crippen molar-refractivity contribution < 1.29 is 29.3 Å². The summed E-state index contributed by atoms with van der Waals surface area (Å²) < 4.78 is 4.64. The molecule has 0 aliphatic heterocycles. The van der Waals surface area contributed by atoms with E-state index in [1.54, 1.807) is 42.5 Å². The highest BCUT2D eigenvalue weighted by atomic mass is 35.5. The maximum absolute atomic E-state index is 11.7. The van der Waals surface area contributed by atoms with Gasteiger partial charge in [0.2, 0.25) is 0 Å². The number of nitrogens with zero attached hydrogens (tertiary/aromatic N) is 1. The van der Waals surface area contributed by atoms with Crippen molar-refractivity contribution in [1.82, 2.24) is 0 Å². The number of aliphatic carboxylic acids is 2. The van der Waals surface area contributed by atoms with E-state index in [0.29, 0.717) is 46.4 Å². The minimum Gasteiger partial charge on any atom is -0.480 e. The number of carbonyl (C=O) groups is 3. The number of rotatable bonds is 11. The zero-order valence-electron chi connectivity index (χ0n) is 18.6. The van der Waals surface area contributed by atoms with Gasteiger partial charge in [0.05, 0.1) is 22.2 Å². The third kappa shape index (κ3) is 11.9. The van der Waals surface area contributed by atoms with Crippen LogP contribution in [0.4, 0.5) is 11.4 Å². The van der Waals surface area contributed by atoms with Gasteiger partial charge in [0.25, 0.3) is 0 Å². The molecule has 2 aromatic carbocycles. The summed E-state index contributed by atoms with van der Waals surface area (Å²) in [5, 5.41) is 20.9. The van der Waals surface area contributed by atoms with Crippen molar-refractivity contribution in [2.75, 3.05) is 18.5 Å². The lowest BCUT2D eigenvalue weighted by Gasteiger charge is -2.14. The van der Waals surface area contributed by atoms with E-state index in [1.807, 2.05) is 0 Å². The molecular weight excluding hydrogens is 501 g/mol. The molecule has 2 aromatic rings. The molecule has 9 N–H and O–H groups in total. The van der Waals surface area contributed by atoms with E-state index in [0.717, 1.165) is 0 Å². The minimum absolute atomic E-state index is 0.0129. The molecule has 0 fully saturated rings. The zero-order chi connectivity index (χ0) is 26.4. The van der Waals surface area contributed by atoms with Crippen molar-refractivity contribution in [3.8, 4) is 0 Å². The van der Waals surface area contributed by atoms with E-state index in [1.165, 1.54) is 0 Å². The van der Waals surface area contributed by atoms with Crippen molar-refractivity contribution in [3.63, 3.8) is 0 Å². The first-order valence-corrected chi connectivity index (χ1v) is 11.0. The third-order valence-electron chi connectivity index (χ3n) is 4.22. The Morgan fingerprint density at radius 1 is 1.03 bits per heavy atom. The number of hydrogen-bond acceptors (Lipinski definition) is 7. The first-order valence-electron chi connectivity index (χ1n) is 10.2. The second-order valence-corrected chi connectivity index (χ2v) is 7.82. The van der Waals surface area contributed by atoms with Crippen LogP contribution in [0, 0.1) is 0 Å². The van der Waals surface area contributed by atoms with Crippen LogP contribution in [0.5, 0.6) is 0 Å². The second kappa shape index (κ2) is 15.4. The fourth-order valence-corrected chi connectivity index (χ4v) is 3.03. The molecule has 190 valence electrons. The minimum atomic E-state index is -1.20. The SMILES string of the molecule is NC(N)=NCCCC(N)C(=O)O.O=C(O)COC(=O)Cc1ccccc1Nc1c(Cl)cccc1Cl. The molecule has 2 rings (SSSR count). The normalized spacial score (nSPS) is 10.8.